The molecule has 1 heterocycles. The zero-order chi connectivity index (χ0) is 23.3. The molecule has 0 bridgehead atoms. The Bertz CT molecular complexity index is 1050. The van der Waals surface area contributed by atoms with Crippen LogP contribution in [0.5, 0.6) is 11.5 Å². The van der Waals surface area contributed by atoms with Gasteiger partial charge in [0.25, 0.3) is 16.8 Å². The van der Waals surface area contributed by atoms with E-state index in [9.17, 15) is 19.7 Å². The Kier molecular flexibility index (Phi) is 7.53. The molecule has 0 aromatic heterocycles. The normalized spacial score (nSPS) is 15.8. The number of nitro benzene ring substituents is 1. The third-order valence-corrected chi connectivity index (χ3v) is 5.74. The maximum atomic E-state index is 12.8. The second-order valence-electron chi connectivity index (χ2n) is 7.17. The average Bonchev–Trinajstić information content (AvgIpc) is 3.03. The molecule has 2 amide bonds. The summed E-state index contributed by atoms with van der Waals surface area (Å²) >= 11 is 0.860. The van der Waals surface area contributed by atoms with Gasteiger partial charge in [-0.25, -0.2) is 0 Å². The van der Waals surface area contributed by atoms with Crippen LogP contribution in [0.15, 0.2) is 47.4 Å². The molecule has 1 aliphatic heterocycles. The number of benzene rings is 2. The van der Waals surface area contributed by atoms with Crippen molar-refractivity contribution in [3.8, 4) is 11.5 Å². The van der Waals surface area contributed by atoms with Crippen LogP contribution in [0.1, 0.15) is 38.3 Å². The first-order valence-corrected chi connectivity index (χ1v) is 11.1. The molecular formula is C23H24N2O6S. The lowest BCUT2D eigenvalue weighted by Crippen LogP contribution is -2.27. The molecule has 1 fully saturated rings. The van der Waals surface area contributed by atoms with Crippen molar-refractivity contribution >= 4 is 34.7 Å². The number of thioether (sulfide) groups is 1. The topological polar surface area (TPSA) is 99.0 Å². The molecule has 1 aliphatic rings. The molecule has 1 atom stereocenters. The molecule has 1 saturated heterocycles. The largest absolute Gasteiger partial charge is 0.490 e. The number of hydrogen-bond donors (Lipinski definition) is 0. The van der Waals surface area contributed by atoms with Crippen LogP contribution >= 0.6 is 11.8 Å². The highest BCUT2D eigenvalue weighted by Gasteiger charge is 2.35. The van der Waals surface area contributed by atoms with Crippen molar-refractivity contribution in [2.45, 2.75) is 39.8 Å². The van der Waals surface area contributed by atoms with Gasteiger partial charge < -0.3 is 9.47 Å². The number of rotatable bonds is 9. The SMILES string of the molecule is CCOc1cc(/C=C2\SC(=O)N(Cc3ccc([N+](=O)[O-])cc3)C2=O)ccc1OC(C)CC. The molecular weight excluding hydrogens is 432 g/mol. The van der Waals surface area contributed by atoms with Crippen LogP contribution in [-0.2, 0) is 11.3 Å². The fraction of sp³-hybridized carbons (Fsp3) is 0.304. The van der Waals surface area contributed by atoms with Gasteiger partial charge in [-0.2, -0.15) is 0 Å². The third-order valence-electron chi connectivity index (χ3n) is 4.83. The number of carbonyl (C=O) groups excluding carboxylic acids is 2. The summed E-state index contributed by atoms with van der Waals surface area (Å²) in [6.07, 6.45) is 2.54. The summed E-state index contributed by atoms with van der Waals surface area (Å²) in [7, 11) is 0. The predicted molar refractivity (Wildman–Crippen MR) is 123 cm³/mol. The number of nitro groups is 1. The van der Waals surface area contributed by atoms with E-state index >= 15 is 0 Å². The van der Waals surface area contributed by atoms with Gasteiger partial charge in [0, 0.05) is 12.1 Å². The molecule has 3 rings (SSSR count). The van der Waals surface area contributed by atoms with E-state index in [1.54, 1.807) is 18.2 Å². The van der Waals surface area contributed by atoms with Gasteiger partial charge >= 0.3 is 0 Å². The summed E-state index contributed by atoms with van der Waals surface area (Å²) in [6.45, 7) is 6.40. The maximum absolute atomic E-state index is 12.8. The highest BCUT2D eigenvalue weighted by molar-refractivity contribution is 8.18. The van der Waals surface area contributed by atoms with Gasteiger partial charge in [0.1, 0.15) is 0 Å². The van der Waals surface area contributed by atoms with E-state index in [0.29, 0.717) is 34.1 Å². The number of nitrogens with zero attached hydrogens (tertiary/aromatic N) is 2. The quantitative estimate of drug-likeness (QED) is 0.283. The molecule has 2 aromatic carbocycles. The Hall–Kier alpha value is -3.33. The van der Waals surface area contributed by atoms with E-state index in [4.69, 9.17) is 9.47 Å². The van der Waals surface area contributed by atoms with Crippen molar-refractivity contribution in [2.75, 3.05) is 6.61 Å². The summed E-state index contributed by atoms with van der Waals surface area (Å²) < 4.78 is 11.6. The van der Waals surface area contributed by atoms with Gasteiger partial charge in [-0.3, -0.25) is 24.6 Å². The van der Waals surface area contributed by atoms with Crippen molar-refractivity contribution in [3.05, 3.63) is 68.6 Å². The fourth-order valence-corrected chi connectivity index (χ4v) is 3.81. The number of amides is 2. The fourth-order valence-electron chi connectivity index (χ4n) is 2.97. The van der Waals surface area contributed by atoms with Crippen molar-refractivity contribution in [2.24, 2.45) is 0 Å². The minimum absolute atomic E-state index is 0.0379. The first kappa shape index (κ1) is 23.3. The second-order valence-corrected chi connectivity index (χ2v) is 8.16. The van der Waals surface area contributed by atoms with E-state index in [1.807, 2.05) is 26.8 Å². The van der Waals surface area contributed by atoms with Gasteiger partial charge in [0.15, 0.2) is 11.5 Å². The number of hydrogen-bond acceptors (Lipinski definition) is 7. The summed E-state index contributed by atoms with van der Waals surface area (Å²) in [5, 5.41) is 10.4. The number of ether oxygens (including phenoxy) is 2. The van der Waals surface area contributed by atoms with Crippen LogP contribution in [0.3, 0.4) is 0 Å². The lowest BCUT2D eigenvalue weighted by Gasteiger charge is -2.16. The number of carbonyl (C=O) groups is 2. The lowest BCUT2D eigenvalue weighted by atomic mass is 10.1. The minimum Gasteiger partial charge on any atom is -0.490 e. The van der Waals surface area contributed by atoms with Crippen LogP contribution in [0.25, 0.3) is 6.08 Å². The van der Waals surface area contributed by atoms with Crippen LogP contribution < -0.4 is 9.47 Å². The van der Waals surface area contributed by atoms with Crippen LogP contribution in [0, 0.1) is 10.1 Å². The van der Waals surface area contributed by atoms with Gasteiger partial charge in [0.2, 0.25) is 0 Å². The molecule has 0 spiro atoms. The highest BCUT2D eigenvalue weighted by atomic mass is 32.2. The molecule has 168 valence electrons. The summed E-state index contributed by atoms with van der Waals surface area (Å²) in [5.74, 6) is 0.799. The summed E-state index contributed by atoms with van der Waals surface area (Å²) in [6, 6.07) is 11.2. The average molecular weight is 457 g/mol. The van der Waals surface area contributed by atoms with Gasteiger partial charge in [-0.15, -0.1) is 0 Å². The standard InChI is InChI=1S/C23H24N2O6S/c1-4-15(3)31-19-11-8-17(12-20(19)30-5-2)13-21-22(26)24(23(27)32-21)14-16-6-9-18(10-7-16)25(28)29/h6-13,15H,4-5,14H2,1-3H3/b21-13-. The molecule has 2 aromatic rings. The number of non-ortho nitro benzene ring substituents is 1. The summed E-state index contributed by atoms with van der Waals surface area (Å²) in [4.78, 5) is 37.0. The summed E-state index contributed by atoms with van der Waals surface area (Å²) in [5.41, 5.74) is 1.30. The zero-order valence-electron chi connectivity index (χ0n) is 18.1. The zero-order valence-corrected chi connectivity index (χ0v) is 18.9. The van der Waals surface area contributed by atoms with Crippen molar-refractivity contribution in [1.82, 2.24) is 4.90 Å². The molecule has 0 N–H and O–H groups in total. The predicted octanol–water partition coefficient (Wildman–Crippen LogP) is 5.41. The molecule has 0 radical (unpaired) electrons. The molecule has 1 unspecified atom stereocenters. The van der Waals surface area contributed by atoms with E-state index in [1.165, 1.54) is 24.3 Å². The second kappa shape index (κ2) is 10.3. The smallest absolute Gasteiger partial charge is 0.293 e. The van der Waals surface area contributed by atoms with Crippen molar-refractivity contribution in [1.29, 1.82) is 0 Å². The Morgan fingerprint density at radius 1 is 1.12 bits per heavy atom. The molecule has 9 heteroatoms. The van der Waals surface area contributed by atoms with Crippen LogP contribution in [0.2, 0.25) is 0 Å². The Balaban J connectivity index is 1.78. The maximum Gasteiger partial charge on any atom is 0.293 e. The molecule has 0 saturated carbocycles. The van der Waals surface area contributed by atoms with Gasteiger partial charge in [-0.05, 0) is 61.4 Å². The third kappa shape index (κ3) is 5.47. The van der Waals surface area contributed by atoms with E-state index < -0.39 is 10.8 Å². The number of imide groups is 1. The van der Waals surface area contributed by atoms with Crippen LogP contribution in [-0.4, -0.2) is 33.7 Å². The molecule has 32 heavy (non-hydrogen) atoms. The minimum atomic E-state index is -0.498. The monoisotopic (exact) mass is 456 g/mol. The molecule has 0 aliphatic carbocycles. The first-order valence-electron chi connectivity index (χ1n) is 10.2. The van der Waals surface area contributed by atoms with Gasteiger partial charge in [0.05, 0.1) is 29.1 Å². The van der Waals surface area contributed by atoms with Crippen molar-refractivity contribution < 1.29 is 24.0 Å². The Morgan fingerprint density at radius 2 is 1.84 bits per heavy atom. The van der Waals surface area contributed by atoms with E-state index in [-0.39, 0.29) is 23.6 Å². The van der Waals surface area contributed by atoms with E-state index in [0.717, 1.165) is 23.1 Å². The van der Waals surface area contributed by atoms with E-state index in [2.05, 4.69) is 0 Å². The lowest BCUT2D eigenvalue weighted by molar-refractivity contribution is -0.384. The Labute approximate surface area is 190 Å². The van der Waals surface area contributed by atoms with Crippen molar-refractivity contribution in [3.63, 3.8) is 0 Å². The first-order chi connectivity index (χ1) is 15.3. The molecule has 8 nitrogen and oxygen atoms in total. The van der Waals surface area contributed by atoms with Gasteiger partial charge in [-0.1, -0.05) is 25.1 Å². The van der Waals surface area contributed by atoms with Crippen LogP contribution in [0.4, 0.5) is 10.5 Å². The highest BCUT2D eigenvalue weighted by Crippen LogP contribution is 2.35. The Morgan fingerprint density at radius 3 is 2.47 bits per heavy atom.